The van der Waals surface area contributed by atoms with E-state index >= 15 is 0 Å². The van der Waals surface area contributed by atoms with Crippen molar-refractivity contribution in [2.75, 3.05) is 12.4 Å². The van der Waals surface area contributed by atoms with E-state index in [2.05, 4.69) is 32.8 Å². The van der Waals surface area contributed by atoms with Crippen molar-refractivity contribution >= 4 is 17.6 Å². The number of nitrogens with zero attached hydrogens (tertiary/aromatic N) is 7. The molecule has 1 saturated carbocycles. The van der Waals surface area contributed by atoms with Crippen LogP contribution >= 0.6 is 11.6 Å². The number of nitroso groups, excluding NO2 is 1. The molecule has 1 aromatic heterocycles. The van der Waals surface area contributed by atoms with Gasteiger partial charge >= 0.3 is 6.03 Å². The van der Waals surface area contributed by atoms with Gasteiger partial charge in [0.25, 0.3) is 0 Å². The summed E-state index contributed by atoms with van der Waals surface area (Å²) in [6.45, 7) is 8.23. The molecule has 11 heteroatoms. The van der Waals surface area contributed by atoms with Crippen LogP contribution in [0.15, 0.2) is 36.1 Å². The standard InChI is InChI=1S/C17H19N5.C9H16ClN3O2/c1-16(2,9-18)14-5-13(8-22-12-20-11-21-22)6-15(7-14)17(3,4)10-19;10-6-7-13(12-15)9(14)11-8-4-2-1-3-5-8/h5-7,11-12H,8H2,1-4H3;8H,1-7H2,(H,11,14). The van der Waals surface area contributed by atoms with Crippen molar-refractivity contribution in [3.05, 3.63) is 52.5 Å². The maximum Gasteiger partial charge on any atom is 0.340 e. The van der Waals surface area contributed by atoms with Crippen LogP contribution in [-0.2, 0) is 17.4 Å². The summed E-state index contributed by atoms with van der Waals surface area (Å²) in [6.07, 6.45) is 8.60. The zero-order valence-electron chi connectivity index (χ0n) is 21.9. The Morgan fingerprint density at radius 1 is 1.14 bits per heavy atom. The Labute approximate surface area is 223 Å². The molecule has 0 bridgehead atoms. The fraction of sp³-hybridized carbons (Fsp3) is 0.577. The summed E-state index contributed by atoms with van der Waals surface area (Å²) in [6, 6.07) is 10.4. The number of benzene rings is 1. The Kier molecular flexibility index (Phi) is 11.0. The zero-order valence-corrected chi connectivity index (χ0v) is 22.7. The SMILES string of the molecule is CC(C)(C#N)c1cc(Cn2cncn2)cc(C(C)(C)C#N)c1.O=NN(CCCl)C(=O)NC1CCCCC1. The number of hydrogen-bond acceptors (Lipinski definition) is 7. The molecule has 1 aliphatic rings. The molecular formula is C26H35ClN8O2. The van der Waals surface area contributed by atoms with Gasteiger partial charge in [-0.05, 0) is 57.2 Å². The number of amides is 2. The number of halogens is 1. The topological polar surface area (TPSA) is 140 Å². The number of carbonyl (C=O) groups is 1. The Hall–Kier alpha value is -3.50. The fourth-order valence-corrected chi connectivity index (χ4v) is 4.05. The van der Waals surface area contributed by atoms with Crippen LogP contribution in [0.2, 0.25) is 0 Å². The van der Waals surface area contributed by atoms with Crippen LogP contribution in [0, 0.1) is 27.6 Å². The predicted molar refractivity (Wildman–Crippen MR) is 141 cm³/mol. The second-order valence-corrected chi connectivity index (χ2v) is 10.5. The van der Waals surface area contributed by atoms with Crippen LogP contribution in [0.3, 0.4) is 0 Å². The number of rotatable bonds is 8. The monoisotopic (exact) mass is 526 g/mol. The summed E-state index contributed by atoms with van der Waals surface area (Å²) in [7, 11) is 0. The van der Waals surface area contributed by atoms with Gasteiger partial charge in [0.1, 0.15) is 12.7 Å². The van der Waals surface area contributed by atoms with E-state index in [0.29, 0.717) is 6.54 Å². The van der Waals surface area contributed by atoms with Gasteiger partial charge < -0.3 is 5.32 Å². The molecule has 1 N–H and O–H groups in total. The van der Waals surface area contributed by atoms with E-state index in [9.17, 15) is 20.2 Å². The minimum atomic E-state index is -0.612. The third kappa shape index (κ3) is 8.83. The van der Waals surface area contributed by atoms with Gasteiger partial charge in [-0.2, -0.15) is 20.6 Å². The van der Waals surface area contributed by atoms with Crippen LogP contribution in [0.25, 0.3) is 0 Å². The minimum Gasteiger partial charge on any atom is -0.334 e. The quantitative estimate of drug-likeness (QED) is 0.285. The third-order valence-corrected chi connectivity index (χ3v) is 6.54. The summed E-state index contributed by atoms with van der Waals surface area (Å²) in [5.41, 5.74) is 1.60. The minimum absolute atomic E-state index is 0.156. The van der Waals surface area contributed by atoms with Crippen molar-refractivity contribution in [2.24, 2.45) is 5.29 Å². The van der Waals surface area contributed by atoms with Gasteiger partial charge in [-0.3, -0.25) is 0 Å². The summed E-state index contributed by atoms with van der Waals surface area (Å²) < 4.78 is 1.72. The number of alkyl halides is 1. The van der Waals surface area contributed by atoms with Gasteiger partial charge in [-0.1, -0.05) is 37.5 Å². The molecule has 2 aromatic rings. The van der Waals surface area contributed by atoms with E-state index in [0.717, 1.165) is 47.4 Å². The van der Waals surface area contributed by atoms with Gasteiger partial charge in [0, 0.05) is 11.9 Å². The number of carbonyl (C=O) groups excluding carboxylic acids is 1. The number of urea groups is 1. The molecule has 0 saturated heterocycles. The number of nitriles is 2. The van der Waals surface area contributed by atoms with Gasteiger partial charge in [0.05, 0.1) is 41.3 Å². The van der Waals surface area contributed by atoms with Crippen molar-refractivity contribution in [1.29, 1.82) is 10.5 Å². The number of nitrogens with one attached hydrogen (secondary N) is 1. The maximum absolute atomic E-state index is 11.5. The molecule has 0 unspecified atom stereocenters. The molecule has 0 atom stereocenters. The van der Waals surface area contributed by atoms with E-state index in [1.54, 1.807) is 11.0 Å². The Morgan fingerprint density at radius 2 is 1.73 bits per heavy atom. The highest BCUT2D eigenvalue weighted by Gasteiger charge is 2.26. The van der Waals surface area contributed by atoms with Gasteiger partial charge in [-0.15, -0.1) is 16.5 Å². The molecule has 1 heterocycles. The molecule has 3 rings (SSSR count). The molecule has 1 fully saturated rings. The van der Waals surface area contributed by atoms with Crippen molar-refractivity contribution < 1.29 is 4.79 Å². The summed E-state index contributed by atoms with van der Waals surface area (Å²) >= 11 is 5.44. The van der Waals surface area contributed by atoms with Crippen molar-refractivity contribution in [2.45, 2.75) is 83.2 Å². The normalized spacial score (nSPS) is 13.9. The lowest BCUT2D eigenvalue weighted by Crippen LogP contribution is -2.43. The van der Waals surface area contributed by atoms with Gasteiger partial charge in [0.2, 0.25) is 0 Å². The summed E-state index contributed by atoms with van der Waals surface area (Å²) in [5, 5.41) is 29.2. The first-order valence-corrected chi connectivity index (χ1v) is 12.9. The Morgan fingerprint density at radius 3 is 2.19 bits per heavy atom. The molecular weight excluding hydrogens is 492 g/mol. The fourth-order valence-electron chi connectivity index (χ4n) is 3.89. The van der Waals surface area contributed by atoms with E-state index in [4.69, 9.17) is 11.6 Å². The van der Waals surface area contributed by atoms with E-state index in [1.165, 1.54) is 12.7 Å². The highest BCUT2D eigenvalue weighted by Crippen LogP contribution is 2.30. The van der Waals surface area contributed by atoms with Crippen molar-refractivity contribution in [3.63, 3.8) is 0 Å². The molecule has 10 nitrogen and oxygen atoms in total. The van der Waals surface area contributed by atoms with Crippen molar-refractivity contribution in [3.8, 4) is 12.1 Å². The molecule has 0 spiro atoms. The predicted octanol–water partition coefficient (Wildman–Crippen LogP) is 5.18. The smallest absolute Gasteiger partial charge is 0.334 e. The average Bonchev–Trinajstić information content (AvgIpc) is 3.41. The van der Waals surface area contributed by atoms with Crippen LogP contribution in [0.4, 0.5) is 4.79 Å². The van der Waals surface area contributed by atoms with Gasteiger partial charge in [0.15, 0.2) is 0 Å². The molecule has 37 heavy (non-hydrogen) atoms. The highest BCUT2D eigenvalue weighted by molar-refractivity contribution is 6.18. The first-order valence-electron chi connectivity index (χ1n) is 12.3. The first-order chi connectivity index (χ1) is 17.6. The largest absolute Gasteiger partial charge is 0.340 e. The lowest BCUT2D eigenvalue weighted by Gasteiger charge is -2.24. The second kappa shape index (κ2) is 13.7. The average molecular weight is 527 g/mol. The first kappa shape index (κ1) is 29.7. The number of aromatic nitrogens is 3. The molecule has 0 aliphatic heterocycles. The van der Waals surface area contributed by atoms with Crippen LogP contribution in [0.1, 0.15) is 76.5 Å². The van der Waals surface area contributed by atoms with Crippen molar-refractivity contribution in [1.82, 2.24) is 25.1 Å². The second-order valence-electron chi connectivity index (χ2n) is 10.2. The lowest BCUT2D eigenvalue weighted by atomic mass is 9.79. The molecule has 2 amide bonds. The molecule has 1 aromatic carbocycles. The Bertz CT molecular complexity index is 1070. The van der Waals surface area contributed by atoms with E-state index < -0.39 is 16.9 Å². The molecule has 0 radical (unpaired) electrons. The van der Waals surface area contributed by atoms with Crippen LogP contribution in [-0.4, -0.2) is 44.3 Å². The van der Waals surface area contributed by atoms with Crippen LogP contribution < -0.4 is 5.32 Å². The lowest BCUT2D eigenvalue weighted by molar-refractivity contribution is 0.194. The summed E-state index contributed by atoms with van der Waals surface area (Å²) in [4.78, 5) is 25.8. The number of hydrogen-bond donors (Lipinski definition) is 1. The molecule has 198 valence electrons. The molecule has 1 aliphatic carbocycles. The zero-order chi connectivity index (χ0) is 27.5. The third-order valence-electron chi connectivity index (χ3n) is 6.37. The van der Waals surface area contributed by atoms with Gasteiger partial charge in [-0.25, -0.2) is 14.5 Å². The maximum atomic E-state index is 11.5. The van der Waals surface area contributed by atoms with Crippen LogP contribution in [0.5, 0.6) is 0 Å². The highest BCUT2D eigenvalue weighted by atomic mass is 35.5. The van der Waals surface area contributed by atoms with E-state index in [-0.39, 0.29) is 18.5 Å². The van der Waals surface area contributed by atoms with E-state index in [1.807, 2.05) is 45.9 Å². The summed E-state index contributed by atoms with van der Waals surface area (Å²) in [5.74, 6) is 0.212. The Balaban J connectivity index is 0.000000281.